The fourth-order valence-electron chi connectivity index (χ4n) is 4.76. The van der Waals surface area contributed by atoms with E-state index < -0.39 is 0 Å². The minimum atomic E-state index is -0.0811. The first-order valence-corrected chi connectivity index (χ1v) is 13.0. The van der Waals surface area contributed by atoms with Gasteiger partial charge in [0.05, 0.1) is 4.47 Å². The van der Waals surface area contributed by atoms with Crippen molar-refractivity contribution in [3.63, 3.8) is 0 Å². The first kappa shape index (κ1) is 24.8. The van der Waals surface area contributed by atoms with Crippen LogP contribution in [0.4, 0.5) is 0 Å². The molecule has 0 atom stereocenters. The van der Waals surface area contributed by atoms with E-state index in [1.165, 1.54) is 16.7 Å². The summed E-state index contributed by atoms with van der Waals surface area (Å²) in [5, 5.41) is 21.6. The van der Waals surface area contributed by atoms with Gasteiger partial charge in [-0.15, -0.1) is 0 Å². The van der Waals surface area contributed by atoms with Gasteiger partial charge in [0, 0.05) is 16.7 Å². The molecule has 32 heavy (non-hydrogen) atoms. The minimum Gasteiger partial charge on any atom is -0.504 e. The Bertz CT molecular complexity index is 981. The highest BCUT2D eigenvalue weighted by molar-refractivity contribution is 9.10. The molecule has 0 radical (unpaired) electrons. The number of halogens is 1. The van der Waals surface area contributed by atoms with Crippen molar-refractivity contribution in [3.05, 3.63) is 32.3 Å². The third kappa shape index (κ3) is 4.33. The Balaban J connectivity index is 2.33. The van der Waals surface area contributed by atoms with Crippen LogP contribution in [0, 0.1) is 0 Å². The lowest BCUT2D eigenvalue weighted by molar-refractivity contribution is 0.330. The second-order valence-electron chi connectivity index (χ2n) is 8.67. The molecule has 0 aliphatic carbocycles. The maximum Gasteiger partial charge on any atom is 0.184 e. The third-order valence-electron chi connectivity index (χ3n) is 6.13. The van der Waals surface area contributed by atoms with Gasteiger partial charge < -0.3 is 19.7 Å². The first-order chi connectivity index (χ1) is 15.4. The van der Waals surface area contributed by atoms with Crippen LogP contribution in [0.1, 0.15) is 94.5 Å². The molecule has 0 spiro atoms. The highest BCUT2D eigenvalue weighted by Crippen LogP contribution is 2.59. The highest BCUT2D eigenvalue weighted by atomic mass is 79.9. The Morgan fingerprint density at radius 3 is 1.31 bits per heavy atom. The molecule has 4 nitrogen and oxygen atoms in total. The number of hydrogen-bond donors (Lipinski definition) is 2. The molecule has 1 aliphatic heterocycles. The lowest BCUT2D eigenvalue weighted by Gasteiger charge is -2.31. The van der Waals surface area contributed by atoms with Gasteiger partial charge in [0.1, 0.15) is 0 Å². The Morgan fingerprint density at radius 1 is 0.500 bits per heavy atom. The topological polar surface area (TPSA) is 58.9 Å². The summed E-state index contributed by atoms with van der Waals surface area (Å²) in [4.78, 5) is 0. The van der Waals surface area contributed by atoms with Gasteiger partial charge in [0.2, 0.25) is 0 Å². The molecule has 2 aromatic carbocycles. The van der Waals surface area contributed by atoms with Crippen LogP contribution in [-0.4, -0.2) is 10.2 Å². The summed E-state index contributed by atoms with van der Waals surface area (Å²) in [7, 11) is 0. The van der Waals surface area contributed by atoms with E-state index in [0.29, 0.717) is 41.2 Å². The predicted molar refractivity (Wildman–Crippen MR) is 134 cm³/mol. The molecule has 0 saturated carbocycles. The fourth-order valence-corrected chi connectivity index (χ4v) is 5.46. The molecule has 0 fully saturated rings. The van der Waals surface area contributed by atoms with Crippen LogP contribution < -0.4 is 9.47 Å². The van der Waals surface area contributed by atoms with E-state index in [9.17, 15) is 10.2 Å². The van der Waals surface area contributed by atoms with Gasteiger partial charge in [-0.3, -0.25) is 0 Å². The molecule has 0 saturated heterocycles. The molecular formula is C27H37BrO4. The average molecular weight is 505 g/mol. The smallest absolute Gasteiger partial charge is 0.184 e. The largest absolute Gasteiger partial charge is 0.504 e. The molecule has 1 aliphatic rings. The minimum absolute atomic E-state index is 0.0754. The summed E-state index contributed by atoms with van der Waals surface area (Å²) in [6, 6.07) is 0. The van der Waals surface area contributed by atoms with Crippen LogP contribution in [-0.2, 0) is 32.1 Å². The Labute approximate surface area is 201 Å². The van der Waals surface area contributed by atoms with E-state index in [1.807, 2.05) is 6.92 Å². The summed E-state index contributed by atoms with van der Waals surface area (Å²) in [5.74, 6) is 2.42. The van der Waals surface area contributed by atoms with Crippen molar-refractivity contribution in [2.45, 2.75) is 98.8 Å². The number of phenols is 2. The second-order valence-corrected chi connectivity index (χ2v) is 9.47. The normalized spacial score (nSPS) is 12.2. The van der Waals surface area contributed by atoms with Crippen molar-refractivity contribution in [2.75, 3.05) is 0 Å². The van der Waals surface area contributed by atoms with Crippen molar-refractivity contribution >= 4 is 15.9 Å². The maximum absolute atomic E-state index is 10.8. The molecule has 176 valence electrons. The van der Waals surface area contributed by atoms with Crippen LogP contribution in [0.5, 0.6) is 34.5 Å². The zero-order valence-electron chi connectivity index (χ0n) is 20.2. The standard InChI is InChI=1S/C27H37BrO4/c1-6-11-16-17(12-7-2)21(28)27-24(18(16)13-8-3)31-25-19(14-9-4)22(29)23(30)20(15-10-5)26(25)32-27/h29-30H,6-15H2,1-5H3. The molecule has 2 N–H and O–H groups in total. The zero-order chi connectivity index (χ0) is 23.4. The molecule has 3 rings (SSSR count). The molecule has 2 aromatic rings. The maximum atomic E-state index is 10.8. The van der Waals surface area contributed by atoms with Crippen molar-refractivity contribution < 1.29 is 19.7 Å². The summed E-state index contributed by atoms with van der Waals surface area (Å²) in [6.45, 7) is 10.7. The van der Waals surface area contributed by atoms with E-state index >= 15 is 0 Å². The summed E-state index contributed by atoms with van der Waals surface area (Å²) in [5.41, 5.74) is 5.12. The molecule has 1 heterocycles. The number of ether oxygens (including phenoxy) is 2. The Hall–Kier alpha value is -1.88. The van der Waals surface area contributed by atoms with Crippen LogP contribution >= 0.6 is 15.9 Å². The van der Waals surface area contributed by atoms with Crippen molar-refractivity contribution in [1.82, 2.24) is 0 Å². The first-order valence-electron chi connectivity index (χ1n) is 12.3. The van der Waals surface area contributed by atoms with Crippen molar-refractivity contribution in [2.24, 2.45) is 0 Å². The van der Waals surface area contributed by atoms with E-state index in [0.717, 1.165) is 61.6 Å². The monoisotopic (exact) mass is 504 g/mol. The summed E-state index contributed by atoms with van der Waals surface area (Å²) >= 11 is 3.85. The van der Waals surface area contributed by atoms with Crippen LogP contribution in [0.25, 0.3) is 0 Å². The van der Waals surface area contributed by atoms with Gasteiger partial charge in [-0.1, -0.05) is 66.7 Å². The number of fused-ring (bicyclic) bond motifs is 2. The van der Waals surface area contributed by atoms with Gasteiger partial charge in [0.25, 0.3) is 0 Å². The van der Waals surface area contributed by atoms with Crippen molar-refractivity contribution in [3.8, 4) is 34.5 Å². The molecule has 0 aromatic heterocycles. The SMILES string of the molecule is CCCc1c(Br)c2c(c(CCC)c1CCC)Oc1c(CCC)c(O)c(O)c(CCC)c1O2. The average Bonchev–Trinajstić information content (AvgIpc) is 2.78. The molecule has 5 heteroatoms. The van der Waals surface area contributed by atoms with Gasteiger partial charge in [-0.05, 0) is 59.2 Å². The van der Waals surface area contributed by atoms with E-state index in [2.05, 4.69) is 43.6 Å². The molecule has 0 amide bonds. The lowest BCUT2D eigenvalue weighted by atomic mass is 9.90. The quantitative estimate of drug-likeness (QED) is 0.271. The van der Waals surface area contributed by atoms with E-state index in [-0.39, 0.29) is 11.5 Å². The lowest BCUT2D eigenvalue weighted by Crippen LogP contribution is -2.12. The number of benzene rings is 2. The summed E-state index contributed by atoms with van der Waals surface area (Å²) in [6.07, 6.45) is 8.85. The predicted octanol–water partition coefficient (Wildman–Crippen LogP) is 8.52. The van der Waals surface area contributed by atoms with Crippen LogP contribution in [0.2, 0.25) is 0 Å². The van der Waals surface area contributed by atoms with E-state index in [1.54, 1.807) is 0 Å². The van der Waals surface area contributed by atoms with Crippen LogP contribution in [0.15, 0.2) is 4.47 Å². The van der Waals surface area contributed by atoms with Gasteiger partial charge >= 0.3 is 0 Å². The second kappa shape index (κ2) is 10.8. The number of rotatable bonds is 10. The van der Waals surface area contributed by atoms with Crippen LogP contribution in [0.3, 0.4) is 0 Å². The van der Waals surface area contributed by atoms with E-state index in [4.69, 9.17) is 9.47 Å². The Morgan fingerprint density at radius 2 is 0.844 bits per heavy atom. The molecular weight excluding hydrogens is 468 g/mol. The fraction of sp³-hybridized carbons (Fsp3) is 0.556. The summed E-state index contributed by atoms with van der Waals surface area (Å²) < 4.78 is 14.2. The number of aromatic hydroxyl groups is 2. The molecule has 0 unspecified atom stereocenters. The van der Waals surface area contributed by atoms with Gasteiger partial charge in [0.15, 0.2) is 34.5 Å². The van der Waals surface area contributed by atoms with Gasteiger partial charge in [-0.25, -0.2) is 0 Å². The third-order valence-corrected chi connectivity index (χ3v) is 6.97. The number of hydrogen-bond acceptors (Lipinski definition) is 4. The highest BCUT2D eigenvalue weighted by Gasteiger charge is 2.34. The van der Waals surface area contributed by atoms with Gasteiger partial charge in [-0.2, -0.15) is 0 Å². The van der Waals surface area contributed by atoms with Crippen molar-refractivity contribution in [1.29, 1.82) is 0 Å². The Kier molecular flexibility index (Phi) is 8.37. The zero-order valence-corrected chi connectivity index (χ0v) is 21.7. The number of phenolic OH excluding ortho intramolecular Hbond substituents is 2. The molecule has 0 bridgehead atoms.